The number of nitrogen functional groups attached to an aromatic ring is 1. The fraction of sp³-hybridized carbons (Fsp3) is 0.381. The van der Waals surface area contributed by atoms with Gasteiger partial charge >= 0.3 is 10.4 Å². The minimum atomic E-state index is -4.67. The molecule has 10 N–H and O–H groups in total. The summed E-state index contributed by atoms with van der Waals surface area (Å²) < 4.78 is 31.7. The van der Waals surface area contributed by atoms with E-state index in [1.165, 1.54) is 4.90 Å². The number of nitrogens with zero attached hydrogens (tertiary/aromatic N) is 1. The molecule has 38 heavy (non-hydrogen) atoms. The molecule has 4 rings (SSSR count). The fourth-order valence-corrected chi connectivity index (χ4v) is 6.11. The van der Waals surface area contributed by atoms with Crippen LogP contribution in [0.1, 0.15) is 22.3 Å². The number of nitrogens with two attached hydrogens (primary N) is 2. The number of amides is 1. The van der Waals surface area contributed by atoms with Crippen LogP contribution in [0, 0.1) is 15.4 Å². The van der Waals surface area contributed by atoms with E-state index in [1.807, 2.05) is 0 Å². The highest BCUT2D eigenvalue weighted by Crippen LogP contribution is 2.53. The van der Waals surface area contributed by atoms with Gasteiger partial charge in [-0.2, -0.15) is 8.42 Å². The Morgan fingerprint density at radius 1 is 1.18 bits per heavy atom. The minimum Gasteiger partial charge on any atom is -0.510 e. The van der Waals surface area contributed by atoms with Gasteiger partial charge in [-0.25, -0.2) is 0 Å². The second kappa shape index (κ2) is 9.92. The monoisotopic (exact) mass is 687 g/mol. The average molecular weight is 688 g/mol. The van der Waals surface area contributed by atoms with E-state index in [0.717, 1.165) is 0 Å². The zero-order valence-electron chi connectivity index (χ0n) is 19.6. The molecule has 0 saturated carbocycles. The summed E-state index contributed by atoms with van der Waals surface area (Å²) in [6.07, 6.45) is 0.0696. The number of aliphatic hydroxyl groups excluding tert-OH is 2. The largest absolute Gasteiger partial charge is 0.510 e. The van der Waals surface area contributed by atoms with E-state index in [1.54, 1.807) is 36.7 Å². The Kier molecular flexibility index (Phi) is 7.85. The van der Waals surface area contributed by atoms with Gasteiger partial charge in [0.25, 0.3) is 5.91 Å². The van der Waals surface area contributed by atoms with E-state index in [-0.39, 0.29) is 38.3 Å². The van der Waals surface area contributed by atoms with Gasteiger partial charge in [0.1, 0.15) is 22.8 Å². The molecule has 3 aliphatic carbocycles. The zero-order valence-corrected chi connectivity index (χ0v) is 23.4. The number of allylic oxidation sites excluding steroid dienone is 1. The quantitative estimate of drug-likeness (QED) is 0.0685. The first-order valence-electron chi connectivity index (χ1n) is 10.6. The number of carbonyl (C=O) groups excluding carboxylic acids is 3. The second-order valence-corrected chi connectivity index (χ2v) is 11.5. The van der Waals surface area contributed by atoms with Gasteiger partial charge in [0.15, 0.2) is 11.4 Å². The van der Waals surface area contributed by atoms with E-state index >= 15 is 0 Å². The molecule has 2 unspecified atom stereocenters. The molecule has 1 aromatic carbocycles. The topological polar surface area (TPSA) is 262 Å². The Labute approximate surface area is 234 Å². The number of carbonyl (C=O) groups is 3. The summed E-state index contributed by atoms with van der Waals surface area (Å²) in [5.41, 5.74) is 7.91. The lowest BCUT2D eigenvalue weighted by atomic mass is 9.58. The van der Waals surface area contributed by atoms with E-state index in [9.17, 15) is 34.8 Å². The third-order valence-electron chi connectivity index (χ3n) is 6.82. The summed E-state index contributed by atoms with van der Waals surface area (Å²) in [6, 6.07) is -1.05. The Hall–Kier alpha value is -2.48. The third-order valence-corrected chi connectivity index (χ3v) is 8.58. The van der Waals surface area contributed by atoms with Gasteiger partial charge < -0.3 is 31.9 Å². The number of hydrogen-bond acceptors (Lipinski definition) is 11. The predicted octanol–water partition coefficient (Wildman–Crippen LogP) is 0.308. The Morgan fingerprint density at radius 2 is 1.71 bits per heavy atom. The van der Waals surface area contributed by atoms with Crippen molar-refractivity contribution in [3.05, 3.63) is 42.4 Å². The Balaban J connectivity index is 0.000000732. The number of benzene rings is 1. The number of hydrogen-bond donors (Lipinski definition) is 8. The maximum absolute atomic E-state index is 13.5. The van der Waals surface area contributed by atoms with E-state index < -0.39 is 74.2 Å². The second-order valence-electron chi connectivity index (χ2n) is 9.15. The molecular weight excluding hydrogens is 665 g/mol. The van der Waals surface area contributed by atoms with Crippen LogP contribution in [0.25, 0.3) is 0 Å². The normalized spacial score (nSPS) is 26.9. The molecule has 0 spiro atoms. The molecule has 208 valence electrons. The number of phenolic OH excluding ortho intramolecular Hbond substituents is 1. The van der Waals surface area contributed by atoms with Crippen LogP contribution in [0.15, 0.2) is 22.7 Å². The molecule has 0 radical (unpaired) electrons. The van der Waals surface area contributed by atoms with Crippen LogP contribution in [0.2, 0.25) is 5.02 Å². The summed E-state index contributed by atoms with van der Waals surface area (Å²) >= 11 is 7.95. The number of Topliss-reactive ketones (excluding diaryl/α,β-unsaturated/α-hetero) is 2. The number of likely N-dealkylation sites (N-methyl/N-ethyl adjacent to an activating group) is 1. The van der Waals surface area contributed by atoms with Crippen molar-refractivity contribution < 1.29 is 52.3 Å². The molecule has 0 heterocycles. The number of ketones is 2. The molecule has 0 aliphatic heterocycles. The first-order valence-corrected chi connectivity index (χ1v) is 13.4. The van der Waals surface area contributed by atoms with Crippen molar-refractivity contribution in [2.45, 2.75) is 24.5 Å². The molecule has 14 nitrogen and oxygen atoms in total. The van der Waals surface area contributed by atoms with Crippen LogP contribution < -0.4 is 11.5 Å². The standard InChI is InChI=1S/C21H21ClIN3O7.H2O4S/c1-26(2)14-7-4-5-3-6-9(16(28)12(23)11(22)13(6)24)15(27)8(5)18(30)21(7,33)19(31)10(17(14)29)20(25)32;1-5(2,3)4/h5,7,14,28-30,33H,3-4,24H2,1-2H3,(H2,25,32);(H2,1,2,3,4)/t5?,7?,14-,21-;/m0./s1. The predicted molar refractivity (Wildman–Crippen MR) is 140 cm³/mol. The van der Waals surface area contributed by atoms with Crippen molar-refractivity contribution in [2.75, 3.05) is 19.8 Å². The van der Waals surface area contributed by atoms with Crippen LogP contribution in [-0.4, -0.2) is 86.1 Å². The number of rotatable bonds is 2. The number of fused-ring (bicyclic) bond motifs is 3. The van der Waals surface area contributed by atoms with Gasteiger partial charge in [-0.3, -0.25) is 28.4 Å². The van der Waals surface area contributed by atoms with Crippen LogP contribution in [-0.2, 0) is 26.4 Å². The van der Waals surface area contributed by atoms with Crippen LogP contribution >= 0.6 is 34.2 Å². The number of aromatic hydroxyl groups is 1. The number of aliphatic hydroxyl groups is 3. The summed E-state index contributed by atoms with van der Waals surface area (Å²) in [5, 5.41) is 44.1. The third kappa shape index (κ3) is 4.63. The van der Waals surface area contributed by atoms with Crippen molar-refractivity contribution >= 4 is 67.8 Å². The van der Waals surface area contributed by atoms with Gasteiger partial charge in [0.05, 0.1) is 25.9 Å². The molecule has 4 atom stereocenters. The molecule has 0 saturated heterocycles. The van der Waals surface area contributed by atoms with Gasteiger partial charge in [-0.15, -0.1) is 0 Å². The molecule has 0 fully saturated rings. The highest BCUT2D eigenvalue weighted by molar-refractivity contribution is 14.1. The lowest BCUT2D eigenvalue weighted by Crippen LogP contribution is -2.63. The zero-order chi connectivity index (χ0) is 29.2. The molecule has 1 aromatic rings. The van der Waals surface area contributed by atoms with Crippen molar-refractivity contribution in [3.63, 3.8) is 0 Å². The van der Waals surface area contributed by atoms with Crippen LogP contribution in [0.5, 0.6) is 5.75 Å². The molecule has 0 aromatic heterocycles. The lowest BCUT2D eigenvalue weighted by Gasteiger charge is -2.50. The molecule has 0 bridgehead atoms. The number of primary amides is 1. The SMILES string of the molecule is CN(C)[C@@H]1C(O)=C(C(N)=O)C(=O)[C@@]2(O)C(O)=C3C(=O)c4c(O)c(I)c(Cl)c(N)c4CC3CC12.O=S(=O)(O)O. The Morgan fingerprint density at radius 3 is 2.18 bits per heavy atom. The lowest BCUT2D eigenvalue weighted by molar-refractivity contribution is -0.148. The van der Waals surface area contributed by atoms with E-state index in [0.29, 0.717) is 5.56 Å². The minimum absolute atomic E-state index is 0.0183. The van der Waals surface area contributed by atoms with Gasteiger partial charge in [0.2, 0.25) is 5.78 Å². The van der Waals surface area contributed by atoms with Gasteiger partial charge in [-0.05, 0) is 61.0 Å². The Bertz CT molecular complexity index is 1450. The molecule has 1 amide bonds. The van der Waals surface area contributed by atoms with Crippen molar-refractivity contribution in [2.24, 2.45) is 17.6 Å². The highest BCUT2D eigenvalue weighted by Gasteiger charge is 2.63. The molecule has 3 aliphatic rings. The fourth-order valence-electron chi connectivity index (χ4n) is 5.35. The van der Waals surface area contributed by atoms with E-state index in [4.69, 9.17) is 40.6 Å². The smallest absolute Gasteiger partial charge is 0.394 e. The summed E-state index contributed by atoms with van der Waals surface area (Å²) in [7, 11) is -1.55. The molecular formula is C21H23ClIN3O11S. The average Bonchev–Trinajstić information content (AvgIpc) is 2.77. The first kappa shape index (κ1) is 30.1. The van der Waals surface area contributed by atoms with Crippen molar-refractivity contribution in [1.82, 2.24) is 4.90 Å². The summed E-state index contributed by atoms with van der Waals surface area (Å²) in [4.78, 5) is 40.1. The van der Waals surface area contributed by atoms with E-state index in [2.05, 4.69) is 0 Å². The highest BCUT2D eigenvalue weighted by atomic mass is 127. The maximum atomic E-state index is 13.5. The number of halogens is 2. The van der Waals surface area contributed by atoms with Gasteiger partial charge in [0, 0.05) is 11.5 Å². The van der Waals surface area contributed by atoms with Crippen LogP contribution in [0.3, 0.4) is 0 Å². The van der Waals surface area contributed by atoms with Crippen molar-refractivity contribution in [1.29, 1.82) is 0 Å². The summed E-state index contributed by atoms with van der Waals surface area (Å²) in [5.74, 6) is -7.13. The first-order chi connectivity index (χ1) is 17.3. The summed E-state index contributed by atoms with van der Waals surface area (Å²) in [6.45, 7) is 0. The van der Waals surface area contributed by atoms with Crippen molar-refractivity contribution in [3.8, 4) is 5.75 Å². The maximum Gasteiger partial charge on any atom is 0.394 e. The van der Waals surface area contributed by atoms with Crippen LogP contribution in [0.4, 0.5) is 5.69 Å². The number of anilines is 1. The van der Waals surface area contributed by atoms with Gasteiger partial charge in [-0.1, -0.05) is 11.6 Å². The number of phenols is 1. The molecule has 17 heteroatoms.